The number of ether oxygens (including phenoxy) is 1. The number of nitrogens with zero attached hydrogens (tertiary/aromatic N) is 6. The monoisotopic (exact) mass is 556 g/mol. The minimum atomic E-state index is -0.306. The third-order valence-electron chi connectivity index (χ3n) is 8.07. The molecule has 10 heteroatoms. The fourth-order valence-corrected chi connectivity index (χ4v) is 6.06. The molecule has 1 amide bonds. The second-order valence-electron chi connectivity index (χ2n) is 12.0. The zero-order valence-corrected chi connectivity index (χ0v) is 24.6. The number of amides is 1. The van der Waals surface area contributed by atoms with Crippen LogP contribution in [0.5, 0.6) is 5.88 Å². The van der Waals surface area contributed by atoms with Crippen LogP contribution in [0.1, 0.15) is 48.7 Å². The van der Waals surface area contributed by atoms with Crippen LogP contribution in [0.25, 0.3) is 11.3 Å². The van der Waals surface area contributed by atoms with Gasteiger partial charge in [-0.15, -0.1) is 0 Å². The number of rotatable bonds is 5. The number of aromatic nitrogens is 3. The number of guanidine groups is 1. The van der Waals surface area contributed by atoms with E-state index in [0.29, 0.717) is 41.5 Å². The number of pyridine rings is 1. The molecular formula is C31H40N8O2. The maximum atomic E-state index is 13.7. The Labute approximate surface area is 241 Å². The van der Waals surface area contributed by atoms with E-state index in [4.69, 9.17) is 9.72 Å². The van der Waals surface area contributed by atoms with Crippen LogP contribution in [0.4, 0.5) is 17.1 Å². The fraction of sp³-hybridized carbons (Fsp3) is 0.484. The van der Waals surface area contributed by atoms with Crippen molar-refractivity contribution in [2.24, 2.45) is 23.9 Å². The highest BCUT2D eigenvalue weighted by Gasteiger charge is 2.36. The Morgan fingerprint density at radius 3 is 2.78 bits per heavy atom. The molecule has 0 radical (unpaired) electrons. The molecule has 2 atom stereocenters. The summed E-state index contributed by atoms with van der Waals surface area (Å²) < 4.78 is 8.01. The van der Waals surface area contributed by atoms with Crippen LogP contribution < -0.4 is 20.3 Å². The van der Waals surface area contributed by atoms with Crippen molar-refractivity contribution in [2.75, 3.05) is 49.3 Å². The highest BCUT2D eigenvalue weighted by atomic mass is 16.5. The van der Waals surface area contributed by atoms with E-state index in [-0.39, 0.29) is 11.9 Å². The fourth-order valence-electron chi connectivity index (χ4n) is 6.06. The van der Waals surface area contributed by atoms with E-state index in [1.165, 1.54) is 12.8 Å². The molecule has 41 heavy (non-hydrogen) atoms. The summed E-state index contributed by atoms with van der Waals surface area (Å²) in [6.07, 6.45) is 6.22. The van der Waals surface area contributed by atoms with Gasteiger partial charge in [0.25, 0.3) is 5.91 Å². The van der Waals surface area contributed by atoms with E-state index in [1.807, 2.05) is 14.0 Å². The molecule has 1 fully saturated rings. The normalized spacial score (nSPS) is 20.9. The summed E-state index contributed by atoms with van der Waals surface area (Å²) in [4.78, 5) is 27.4. The van der Waals surface area contributed by atoms with Crippen LogP contribution in [0.3, 0.4) is 0 Å². The van der Waals surface area contributed by atoms with Gasteiger partial charge in [0.15, 0.2) is 0 Å². The first-order valence-electron chi connectivity index (χ1n) is 14.6. The van der Waals surface area contributed by atoms with E-state index in [9.17, 15) is 4.79 Å². The summed E-state index contributed by atoms with van der Waals surface area (Å²) in [5, 5.41) is 11.5. The van der Waals surface area contributed by atoms with E-state index in [0.717, 1.165) is 54.3 Å². The third-order valence-corrected chi connectivity index (χ3v) is 8.07. The molecule has 1 aliphatic carbocycles. The zero-order valence-electron chi connectivity index (χ0n) is 24.6. The van der Waals surface area contributed by atoms with Gasteiger partial charge in [0.1, 0.15) is 0 Å². The average Bonchev–Trinajstić information content (AvgIpc) is 3.62. The van der Waals surface area contributed by atoms with Crippen molar-refractivity contribution >= 4 is 28.9 Å². The van der Waals surface area contributed by atoms with Crippen molar-refractivity contribution in [1.82, 2.24) is 19.7 Å². The van der Waals surface area contributed by atoms with Crippen LogP contribution >= 0.6 is 0 Å². The number of nitrogens with one attached hydrogen (secondary N) is 2. The van der Waals surface area contributed by atoms with Crippen LogP contribution in [-0.4, -0.2) is 71.4 Å². The van der Waals surface area contributed by atoms with Crippen LogP contribution in [0.15, 0.2) is 41.5 Å². The smallest absolute Gasteiger partial charge is 0.280 e. The molecule has 2 N–H and O–H groups in total. The van der Waals surface area contributed by atoms with E-state index in [1.54, 1.807) is 23.0 Å². The Balaban J connectivity index is 1.38. The van der Waals surface area contributed by atoms with Gasteiger partial charge in [-0.25, -0.2) is 4.68 Å². The topological polar surface area (TPSA) is 99.9 Å². The predicted molar refractivity (Wildman–Crippen MR) is 163 cm³/mol. The lowest BCUT2D eigenvalue weighted by Gasteiger charge is -2.26. The average molecular weight is 557 g/mol. The van der Waals surface area contributed by atoms with Crippen LogP contribution in [0.2, 0.25) is 0 Å². The lowest BCUT2D eigenvalue weighted by molar-refractivity contribution is 0.100. The van der Waals surface area contributed by atoms with Gasteiger partial charge in [0.2, 0.25) is 11.8 Å². The minimum absolute atomic E-state index is 0.290. The van der Waals surface area contributed by atoms with Gasteiger partial charge in [-0.3, -0.25) is 9.78 Å². The minimum Gasteiger partial charge on any atom is -0.477 e. The summed E-state index contributed by atoms with van der Waals surface area (Å²) in [6, 6.07) is 10.2. The van der Waals surface area contributed by atoms with E-state index in [2.05, 4.69) is 69.7 Å². The molecule has 1 aromatic carbocycles. The van der Waals surface area contributed by atoms with E-state index >= 15 is 0 Å². The molecule has 2 bridgehead atoms. The van der Waals surface area contributed by atoms with Gasteiger partial charge < -0.3 is 25.2 Å². The lowest BCUT2D eigenvalue weighted by atomic mass is 9.97. The molecule has 6 rings (SSSR count). The maximum absolute atomic E-state index is 13.7. The first-order chi connectivity index (χ1) is 19.7. The second-order valence-corrected chi connectivity index (χ2v) is 12.0. The highest BCUT2D eigenvalue weighted by molar-refractivity contribution is 6.19. The van der Waals surface area contributed by atoms with Crippen LogP contribution in [-0.2, 0) is 7.05 Å². The molecule has 1 saturated carbocycles. The van der Waals surface area contributed by atoms with Crippen molar-refractivity contribution in [3.8, 4) is 17.1 Å². The number of carbonyl (C=O) groups excluding carboxylic acids is 1. The number of aryl methyl sites for hydroxylation is 2. The van der Waals surface area contributed by atoms with Crippen molar-refractivity contribution in [3.63, 3.8) is 0 Å². The number of benzene rings is 1. The van der Waals surface area contributed by atoms with Gasteiger partial charge in [0.05, 0.1) is 35.4 Å². The Hall–Kier alpha value is -3.92. The Morgan fingerprint density at radius 2 is 2.00 bits per heavy atom. The molecule has 0 spiro atoms. The molecule has 216 valence electrons. The van der Waals surface area contributed by atoms with Crippen molar-refractivity contribution < 1.29 is 9.53 Å². The summed E-state index contributed by atoms with van der Waals surface area (Å²) >= 11 is 0. The Morgan fingerprint density at radius 1 is 1.17 bits per heavy atom. The standard InChI is InChI=1S/C31H40N8O2/c1-19-13-23-14-27(34-19)25-16-32-38(5)30(25)41-12-6-7-22(21-8-9-21)18-39-28-15-24(33-20(2)17-37(3)4)10-11-26(28)35-31(39)36-29(23)40/h10-11,13-16,20-22,33H,6-9,12,17-18H2,1-5H3,(H,35,36,40). The van der Waals surface area contributed by atoms with Gasteiger partial charge in [-0.1, -0.05) is 0 Å². The number of fused-ring (bicyclic) bond motifs is 7. The van der Waals surface area contributed by atoms with Crippen molar-refractivity contribution in [2.45, 2.75) is 45.6 Å². The molecule has 2 unspecified atom stereocenters. The number of hydrogen-bond acceptors (Lipinski definition) is 8. The Bertz CT molecular complexity index is 1470. The number of carbonyl (C=O) groups is 1. The first kappa shape index (κ1) is 27.3. The van der Waals surface area contributed by atoms with Crippen LogP contribution in [0, 0.1) is 18.8 Å². The SMILES string of the molecule is Cc1cc2cc(n1)-c1cnn(C)c1OCCCC(C1CC1)CN1/C(=N/C2=O)Nc2ccc(NC(C)CN(C)C)cc21. The van der Waals surface area contributed by atoms with Gasteiger partial charge in [-0.2, -0.15) is 10.1 Å². The summed E-state index contributed by atoms with van der Waals surface area (Å²) in [5.74, 6) is 2.10. The summed E-state index contributed by atoms with van der Waals surface area (Å²) in [5.41, 5.74) is 5.73. The largest absolute Gasteiger partial charge is 0.477 e. The molecule has 0 saturated heterocycles. The highest BCUT2D eigenvalue weighted by Crippen LogP contribution is 2.43. The predicted octanol–water partition coefficient (Wildman–Crippen LogP) is 4.78. The molecule has 2 aromatic heterocycles. The number of likely N-dealkylation sites (N-methyl/N-ethyl adjacent to an activating group) is 1. The quantitative estimate of drug-likeness (QED) is 0.463. The molecule has 4 heterocycles. The lowest BCUT2D eigenvalue weighted by Crippen LogP contribution is -2.36. The third kappa shape index (κ3) is 5.93. The summed E-state index contributed by atoms with van der Waals surface area (Å²) in [6.45, 7) is 6.40. The zero-order chi connectivity index (χ0) is 28.7. The summed E-state index contributed by atoms with van der Waals surface area (Å²) in [7, 11) is 6.04. The first-order valence-corrected chi connectivity index (χ1v) is 14.6. The second kappa shape index (κ2) is 11.2. The van der Waals surface area contributed by atoms with Gasteiger partial charge >= 0.3 is 0 Å². The van der Waals surface area contributed by atoms with Crippen molar-refractivity contribution in [3.05, 3.63) is 47.8 Å². The number of anilines is 3. The number of aliphatic imine (C=N–C) groups is 1. The molecular weight excluding hydrogens is 516 g/mol. The molecule has 10 nitrogen and oxygen atoms in total. The van der Waals surface area contributed by atoms with E-state index < -0.39 is 0 Å². The van der Waals surface area contributed by atoms with Gasteiger partial charge in [0, 0.05) is 43.1 Å². The molecule has 2 aliphatic heterocycles. The Kier molecular flexibility index (Phi) is 7.42. The van der Waals surface area contributed by atoms with Gasteiger partial charge in [-0.05, 0) is 95.8 Å². The molecule has 3 aliphatic rings. The number of hydrogen-bond donors (Lipinski definition) is 2. The van der Waals surface area contributed by atoms with Crippen molar-refractivity contribution in [1.29, 1.82) is 0 Å². The maximum Gasteiger partial charge on any atom is 0.280 e. The molecule has 3 aromatic rings.